The molecule has 2 rings (SSSR count). The third-order valence-corrected chi connectivity index (χ3v) is 4.60. The maximum Gasteiger partial charge on any atom is 0.273 e. The highest BCUT2D eigenvalue weighted by atomic mass is 32.1. The van der Waals surface area contributed by atoms with Gasteiger partial charge in [-0.05, 0) is 40.0 Å². The molecule has 3 unspecified atom stereocenters. The number of carbonyl (C=O) groups is 1. The van der Waals surface area contributed by atoms with Crippen molar-refractivity contribution in [1.29, 1.82) is 0 Å². The Kier molecular flexibility index (Phi) is 4.02. The number of hydrogen-bond acceptors (Lipinski definition) is 4. The number of aromatic nitrogens is 1. The number of nitrogens with zero attached hydrogens (tertiary/aromatic N) is 2. The van der Waals surface area contributed by atoms with Crippen molar-refractivity contribution in [3.05, 3.63) is 16.1 Å². The molecule has 0 bridgehead atoms. The topological polar surface area (TPSA) is 59.2 Å². The quantitative estimate of drug-likeness (QED) is 0.896. The van der Waals surface area contributed by atoms with Gasteiger partial charge in [0.05, 0.1) is 6.04 Å². The van der Waals surface area contributed by atoms with E-state index in [0.29, 0.717) is 17.8 Å². The molecule has 18 heavy (non-hydrogen) atoms. The highest BCUT2D eigenvalue weighted by molar-refractivity contribution is 7.09. The summed E-state index contributed by atoms with van der Waals surface area (Å²) in [5, 5.41) is 2.66. The minimum absolute atomic E-state index is 0.0536. The van der Waals surface area contributed by atoms with E-state index in [-0.39, 0.29) is 11.9 Å². The lowest BCUT2D eigenvalue weighted by molar-refractivity contribution is 0.0505. The van der Waals surface area contributed by atoms with E-state index in [1.54, 1.807) is 0 Å². The lowest BCUT2D eigenvalue weighted by Crippen LogP contribution is -2.47. The van der Waals surface area contributed by atoms with E-state index in [1.165, 1.54) is 17.8 Å². The fraction of sp³-hybridized carbons (Fsp3) is 0.692. The summed E-state index contributed by atoms with van der Waals surface area (Å²) >= 11 is 1.47. The summed E-state index contributed by atoms with van der Waals surface area (Å²) in [5.74, 6) is 0.0536. The van der Waals surface area contributed by atoms with Crippen molar-refractivity contribution >= 4 is 17.2 Å². The summed E-state index contributed by atoms with van der Waals surface area (Å²) in [5.41, 5.74) is 6.33. The van der Waals surface area contributed by atoms with E-state index in [0.717, 1.165) is 17.8 Å². The molecule has 1 saturated heterocycles. The number of rotatable bonds is 2. The third kappa shape index (κ3) is 2.57. The molecule has 0 aromatic carbocycles. The van der Waals surface area contributed by atoms with Crippen molar-refractivity contribution in [2.45, 2.75) is 58.2 Å². The maximum atomic E-state index is 12.5. The van der Waals surface area contributed by atoms with Crippen molar-refractivity contribution in [2.75, 3.05) is 0 Å². The molecule has 0 aliphatic carbocycles. The number of nitrogens with two attached hydrogens (primary N) is 1. The van der Waals surface area contributed by atoms with Crippen LogP contribution in [0, 0.1) is 0 Å². The number of piperidine rings is 1. The van der Waals surface area contributed by atoms with E-state index in [2.05, 4.69) is 18.8 Å². The summed E-state index contributed by atoms with van der Waals surface area (Å²) < 4.78 is 0. The van der Waals surface area contributed by atoms with Crippen LogP contribution in [0.1, 0.15) is 61.6 Å². The van der Waals surface area contributed by atoms with Crippen LogP contribution in [-0.4, -0.2) is 27.9 Å². The van der Waals surface area contributed by atoms with Crippen molar-refractivity contribution in [3.8, 4) is 0 Å². The summed E-state index contributed by atoms with van der Waals surface area (Å²) in [6, 6.07) is 0.510. The van der Waals surface area contributed by atoms with Crippen molar-refractivity contribution in [3.63, 3.8) is 0 Å². The Morgan fingerprint density at radius 2 is 2.11 bits per heavy atom. The van der Waals surface area contributed by atoms with Gasteiger partial charge in [-0.25, -0.2) is 4.98 Å². The Morgan fingerprint density at radius 1 is 1.50 bits per heavy atom. The predicted molar refractivity (Wildman–Crippen MR) is 73.7 cm³/mol. The molecule has 1 aliphatic heterocycles. The highest BCUT2D eigenvalue weighted by Crippen LogP contribution is 2.25. The normalized spacial score (nSPS) is 26.1. The molecule has 1 fully saturated rings. The Labute approximate surface area is 112 Å². The van der Waals surface area contributed by atoms with E-state index in [9.17, 15) is 4.79 Å². The highest BCUT2D eigenvalue weighted by Gasteiger charge is 2.30. The van der Waals surface area contributed by atoms with Crippen LogP contribution >= 0.6 is 11.3 Å². The first-order valence-electron chi connectivity index (χ1n) is 6.54. The average molecular weight is 267 g/mol. The molecule has 100 valence electrons. The molecule has 1 aliphatic rings. The molecular weight excluding hydrogens is 246 g/mol. The van der Waals surface area contributed by atoms with Crippen LogP contribution in [0.3, 0.4) is 0 Å². The third-order valence-electron chi connectivity index (χ3n) is 3.56. The van der Waals surface area contributed by atoms with Gasteiger partial charge in [0, 0.05) is 17.5 Å². The van der Waals surface area contributed by atoms with Crippen LogP contribution in [0.2, 0.25) is 0 Å². The zero-order valence-corrected chi connectivity index (χ0v) is 12.0. The molecule has 4 nitrogen and oxygen atoms in total. The van der Waals surface area contributed by atoms with Gasteiger partial charge in [0.25, 0.3) is 5.91 Å². The second kappa shape index (κ2) is 5.36. The van der Waals surface area contributed by atoms with Gasteiger partial charge in [0.15, 0.2) is 0 Å². The Hall–Kier alpha value is -0.940. The fourth-order valence-corrected chi connectivity index (χ4v) is 3.30. The van der Waals surface area contributed by atoms with Gasteiger partial charge in [0.2, 0.25) is 0 Å². The van der Waals surface area contributed by atoms with Gasteiger partial charge in [-0.1, -0.05) is 0 Å². The number of hydrogen-bond donors (Lipinski definition) is 1. The van der Waals surface area contributed by atoms with E-state index in [4.69, 9.17) is 5.73 Å². The minimum atomic E-state index is -0.104. The lowest BCUT2D eigenvalue weighted by atomic mass is 9.97. The second-order valence-electron chi connectivity index (χ2n) is 5.20. The molecular formula is C13H21N3OS. The number of thiazole rings is 1. The smallest absolute Gasteiger partial charge is 0.273 e. The first-order valence-corrected chi connectivity index (χ1v) is 7.42. The standard InChI is InChI=1S/C13H21N3OS/c1-8-5-4-6-9(2)16(8)13(17)11-7-18-12(15-11)10(3)14/h7-10H,4-6,14H2,1-3H3. The number of likely N-dealkylation sites (tertiary alicyclic amines) is 1. The summed E-state index contributed by atoms with van der Waals surface area (Å²) in [6.07, 6.45) is 3.37. The number of amides is 1. The van der Waals surface area contributed by atoms with Gasteiger partial charge >= 0.3 is 0 Å². The minimum Gasteiger partial charge on any atom is -0.332 e. The van der Waals surface area contributed by atoms with Crippen LogP contribution in [0.4, 0.5) is 0 Å². The summed E-state index contributed by atoms with van der Waals surface area (Å²) in [6.45, 7) is 6.12. The van der Waals surface area contributed by atoms with E-state index in [1.807, 2.05) is 17.2 Å². The SMILES string of the molecule is CC(N)c1nc(C(=O)N2C(C)CCCC2C)cs1. The van der Waals surface area contributed by atoms with Crippen LogP contribution in [-0.2, 0) is 0 Å². The number of carbonyl (C=O) groups excluding carboxylic acids is 1. The van der Waals surface area contributed by atoms with Crippen molar-refractivity contribution < 1.29 is 4.79 Å². The first kappa shape index (κ1) is 13.5. The summed E-state index contributed by atoms with van der Waals surface area (Å²) in [7, 11) is 0. The Morgan fingerprint density at radius 3 is 2.61 bits per heavy atom. The van der Waals surface area contributed by atoms with E-state index < -0.39 is 0 Å². The monoisotopic (exact) mass is 267 g/mol. The Balaban J connectivity index is 2.18. The first-order chi connectivity index (χ1) is 8.50. The van der Waals surface area contributed by atoms with Crippen LogP contribution in [0.15, 0.2) is 5.38 Å². The van der Waals surface area contributed by atoms with Gasteiger partial charge in [-0.2, -0.15) is 0 Å². The molecule has 2 heterocycles. The fourth-order valence-electron chi connectivity index (χ4n) is 2.55. The molecule has 1 aromatic heterocycles. The van der Waals surface area contributed by atoms with Gasteiger partial charge < -0.3 is 10.6 Å². The second-order valence-corrected chi connectivity index (χ2v) is 6.09. The Bertz CT molecular complexity index is 420. The van der Waals surface area contributed by atoms with Crippen molar-refractivity contribution in [1.82, 2.24) is 9.88 Å². The van der Waals surface area contributed by atoms with Crippen molar-refractivity contribution in [2.24, 2.45) is 5.73 Å². The predicted octanol–water partition coefficient (Wildman–Crippen LogP) is 2.57. The van der Waals surface area contributed by atoms with Gasteiger partial charge in [0.1, 0.15) is 10.7 Å². The molecule has 1 aromatic rings. The van der Waals surface area contributed by atoms with Gasteiger partial charge in [-0.3, -0.25) is 4.79 Å². The largest absolute Gasteiger partial charge is 0.332 e. The van der Waals surface area contributed by atoms with E-state index >= 15 is 0 Å². The van der Waals surface area contributed by atoms with Crippen LogP contribution in [0.25, 0.3) is 0 Å². The zero-order valence-electron chi connectivity index (χ0n) is 11.2. The molecule has 3 atom stereocenters. The molecule has 0 spiro atoms. The summed E-state index contributed by atoms with van der Waals surface area (Å²) in [4.78, 5) is 18.8. The lowest BCUT2D eigenvalue weighted by Gasteiger charge is -2.38. The maximum absolute atomic E-state index is 12.5. The van der Waals surface area contributed by atoms with Crippen LogP contribution < -0.4 is 5.73 Å². The molecule has 1 amide bonds. The molecule has 0 radical (unpaired) electrons. The molecule has 2 N–H and O–H groups in total. The average Bonchev–Trinajstić information content (AvgIpc) is 2.77. The zero-order chi connectivity index (χ0) is 13.3. The van der Waals surface area contributed by atoms with Crippen LogP contribution in [0.5, 0.6) is 0 Å². The van der Waals surface area contributed by atoms with Gasteiger partial charge in [-0.15, -0.1) is 11.3 Å². The molecule has 5 heteroatoms. The molecule has 0 saturated carbocycles.